The fraction of sp³-hybridized carbons (Fsp3) is 0.581. The van der Waals surface area contributed by atoms with Gasteiger partial charge in [-0.25, -0.2) is 9.59 Å². The van der Waals surface area contributed by atoms with Crippen molar-refractivity contribution in [2.45, 2.75) is 77.5 Å². The molecule has 2 aliphatic rings. The highest BCUT2D eigenvalue weighted by Gasteiger charge is 2.52. The van der Waals surface area contributed by atoms with Crippen molar-refractivity contribution < 1.29 is 33.7 Å². The molecule has 2 amide bonds. The molecule has 0 aliphatic carbocycles. The number of carboxylic acids is 1. The number of methoxy groups -OCH3 is 2. The second-order valence-electron chi connectivity index (χ2n) is 12.2. The van der Waals surface area contributed by atoms with E-state index in [-0.39, 0.29) is 30.9 Å². The average Bonchev–Trinajstić information content (AvgIpc) is 3.31. The van der Waals surface area contributed by atoms with Gasteiger partial charge in [-0.3, -0.25) is 4.79 Å². The van der Waals surface area contributed by atoms with E-state index in [9.17, 15) is 19.5 Å². The molecule has 2 heterocycles. The molecule has 40 heavy (non-hydrogen) atoms. The second kappa shape index (κ2) is 11.6. The monoisotopic (exact) mass is 554 g/mol. The lowest BCUT2D eigenvalue weighted by atomic mass is 9.83. The standard InChI is InChI=1S/C31H42N2O7/c1-19(2)26-27(34)33-18-31(39-6,17-24(33)28(35)36)23-10-9-20-16-25(38-5)21(14-22(20)15-23)8-7-11-30(3,4)12-13-40-29(37)32-26/h9-10,14-16,19,24,26H,7-8,11-13,17-18H2,1-6H3,(H,32,37)(H,35,36)/t24-,26-,31-/m0/s1. The van der Waals surface area contributed by atoms with Crippen LogP contribution in [-0.2, 0) is 31.1 Å². The molecule has 2 aliphatic heterocycles. The summed E-state index contributed by atoms with van der Waals surface area (Å²) >= 11 is 0. The number of ether oxygens (including phenoxy) is 3. The van der Waals surface area contributed by atoms with Crippen molar-refractivity contribution in [1.82, 2.24) is 10.2 Å². The van der Waals surface area contributed by atoms with E-state index in [0.717, 1.165) is 46.9 Å². The van der Waals surface area contributed by atoms with Gasteiger partial charge >= 0.3 is 12.1 Å². The Morgan fingerprint density at radius 1 is 1.12 bits per heavy atom. The zero-order chi connectivity index (χ0) is 29.2. The molecule has 2 aromatic carbocycles. The summed E-state index contributed by atoms with van der Waals surface area (Å²) in [5.74, 6) is -1.04. The third-order valence-corrected chi connectivity index (χ3v) is 8.57. The number of fused-ring (bicyclic) bond motifs is 5. The van der Waals surface area contributed by atoms with Crippen molar-refractivity contribution in [2.24, 2.45) is 11.3 Å². The summed E-state index contributed by atoms with van der Waals surface area (Å²) in [6, 6.07) is 8.06. The summed E-state index contributed by atoms with van der Waals surface area (Å²) in [6.07, 6.45) is 2.76. The topological polar surface area (TPSA) is 114 Å². The minimum Gasteiger partial charge on any atom is -0.496 e. The highest BCUT2D eigenvalue weighted by molar-refractivity contribution is 5.91. The predicted molar refractivity (Wildman–Crippen MR) is 151 cm³/mol. The SMILES string of the molecule is COc1cc2ccc3cc2cc1CCCC(C)(C)CCOC(=O)N[C@@H](C(C)C)C(=O)N1C[C@@]3(OC)C[C@H]1C(=O)O. The number of cyclic esters (lactones) is 1. The molecule has 0 radical (unpaired) electrons. The minimum atomic E-state index is -1.12. The third-order valence-electron chi connectivity index (χ3n) is 8.57. The molecular formula is C31H42N2O7. The summed E-state index contributed by atoms with van der Waals surface area (Å²) in [6.45, 7) is 8.19. The zero-order valence-electron chi connectivity index (χ0n) is 24.4. The van der Waals surface area contributed by atoms with E-state index in [1.807, 2.05) is 38.1 Å². The van der Waals surface area contributed by atoms with Crippen molar-refractivity contribution in [3.8, 4) is 5.75 Å². The van der Waals surface area contributed by atoms with Gasteiger partial charge in [0.1, 0.15) is 23.4 Å². The maximum absolute atomic E-state index is 13.8. The Morgan fingerprint density at radius 3 is 2.52 bits per heavy atom. The van der Waals surface area contributed by atoms with Gasteiger partial charge in [-0.15, -0.1) is 0 Å². The highest BCUT2D eigenvalue weighted by atomic mass is 16.5. The van der Waals surface area contributed by atoms with Gasteiger partial charge in [0.25, 0.3) is 0 Å². The van der Waals surface area contributed by atoms with E-state index >= 15 is 0 Å². The van der Waals surface area contributed by atoms with Gasteiger partial charge in [-0.1, -0.05) is 39.8 Å². The number of alkyl carbamates (subject to hydrolysis) is 1. The number of amides is 2. The van der Waals surface area contributed by atoms with Gasteiger partial charge in [0, 0.05) is 13.5 Å². The molecule has 0 spiro atoms. The summed E-state index contributed by atoms with van der Waals surface area (Å²) in [5, 5.41) is 14.8. The van der Waals surface area contributed by atoms with Crippen LogP contribution in [0, 0.1) is 11.3 Å². The molecule has 4 rings (SSSR count). The van der Waals surface area contributed by atoms with Crippen LogP contribution >= 0.6 is 0 Å². The summed E-state index contributed by atoms with van der Waals surface area (Å²) < 4.78 is 17.2. The number of aliphatic carboxylic acids is 1. The van der Waals surface area contributed by atoms with Crippen LogP contribution in [0.15, 0.2) is 30.3 Å². The molecule has 5 bridgehead atoms. The molecule has 218 valence electrons. The van der Waals surface area contributed by atoms with Crippen LogP contribution in [0.2, 0.25) is 0 Å². The van der Waals surface area contributed by atoms with E-state index in [0.29, 0.717) is 6.42 Å². The number of carbonyl (C=O) groups is 3. The van der Waals surface area contributed by atoms with Crippen molar-refractivity contribution in [3.05, 3.63) is 41.5 Å². The molecule has 9 heteroatoms. The zero-order valence-corrected chi connectivity index (χ0v) is 24.4. The Labute approximate surface area is 236 Å². The number of rotatable bonds is 4. The molecule has 1 saturated heterocycles. The van der Waals surface area contributed by atoms with E-state index in [1.54, 1.807) is 14.2 Å². The van der Waals surface area contributed by atoms with Crippen LogP contribution in [0.25, 0.3) is 10.8 Å². The number of aryl methyl sites for hydroxylation is 1. The van der Waals surface area contributed by atoms with E-state index in [1.165, 1.54) is 4.90 Å². The summed E-state index contributed by atoms with van der Waals surface area (Å²) in [5.41, 5.74) is 0.808. The highest BCUT2D eigenvalue weighted by Crippen LogP contribution is 2.41. The Morgan fingerprint density at radius 2 is 1.88 bits per heavy atom. The van der Waals surface area contributed by atoms with Crippen molar-refractivity contribution in [1.29, 1.82) is 0 Å². The van der Waals surface area contributed by atoms with Crippen molar-refractivity contribution >= 4 is 28.7 Å². The normalized spacial score (nSPS) is 25.8. The Balaban J connectivity index is 1.81. The number of carboxylic acid groups (broad SMARTS) is 1. The van der Waals surface area contributed by atoms with Gasteiger partial charge in [0.2, 0.25) is 5.91 Å². The lowest BCUT2D eigenvalue weighted by Gasteiger charge is -2.31. The number of benzene rings is 2. The largest absolute Gasteiger partial charge is 0.496 e. The number of carbonyl (C=O) groups excluding carboxylic acids is 2. The van der Waals surface area contributed by atoms with E-state index in [2.05, 4.69) is 25.2 Å². The van der Waals surface area contributed by atoms with E-state index in [4.69, 9.17) is 14.2 Å². The number of hydrogen-bond acceptors (Lipinski definition) is 6. The first-order chi connectivity index (χ1) is 18.9. The summed E-state index contributed by atoms with van der Waals surface area (Å²) in [7, 11) is 3.22. The second-order valence-corrected chi connectivity index (χ2v) is 12.2. The summed E-state index contributed by atoms with van der Waals surface area (Å²) in [4.78, 5) is 40.3. The maximum Gasteiger partial charge on any atom is 0.407 e. The van der Waals surface area contributed by atoms with Gasteiger partial charge in [0.15, 0.2) is 0 Å². The Bertz CT molecular complexity index is 1270. The predicted octanol–water partition coefficient (Wildman–Crippen LogP) is 4.88. The van der Waals surface area contributed by atoms with Crippen LogP contribution in [0.1, 0.15) is 64.5 Å². The molecule has 3 atom stereocenters. The van der Waals surface area contributed by atoms with Gasteiger partial charge in [0.05, 0.1) is 20.3 Å². The lowest BCUT2D eigenvalue weighted by Crippen LogP contribution is -2.54. The van der Waals surface area contributed by atoms with E-state index < -0.39 is 35.7 Å². The number of hydrogen-bond donors (Lipinski definition) is 2. The van der Waals surface area contributed by atoms with Gasteiger partial charge < -0.3 is 29.5 Å². The first kappa shape index (κ1) is 29.6. The van der Waals surface area contributed by atoms with Crippen LogP contribution in [0.4, 0.5) is 4.79 Å². The minimum absolute atomic E-state index is 0.0436. The maximum atomic E-state index is 13.8. The first-order valence-electron chi connectivity index (χ1n) is 14.0. The van der Waals surface area contributed by atoms with Gasteiger partial charge in [-0.2, -0.15) is 0 Å². The Hall–Kier alpha value is -3.33. The molecular weight excluding hydrogens is 512 g/mol. The molecule has 9 nitrogen and oxygen atoms in total. The van der Waals surface area contributed by atoms with Crippen LogP contribution in [0.3, 0.4) is 0 Å². The van der Waals surface area contributed by atoms with Crippen molar-refractivity contribution in [2.75, 3.05) is 27.4 Å². The van der Waals surface area contributed by atoms with Crippen LogP contribution in [0.5, 0.6) is 5.75 Å². The van der Waals surface area contributed by atoms with Crippen LogP contribution in [-0.4, -0.2) is 67.4 Å². The fourth-order valence-electron chi connectivity index (χ4n) is 5.96. The number of nitrogens with zero attached hydrogens (tertiary/aromatic N) is 1. The third kappa shape index (κ3) is 6.04. The smallest absolute Gasteiger partial charge is 0.407 e. The first-order valence-corrected chi connectivity index (χ1v) is 14.0. The molecule has 1 fully saturated rings. The quantitative estimate of drug-likeness (QED) is 0.554. The molecule has 0 saturated carbocycles. The van der Waals surface area contributed by atoms with Crippen molar-refractivity contribution in [3.63, 3.8) is 0 Å². The lowest BCUT2D eigenvalue weighted by molar-refractivity contribution is -0.149. The fourth-order valence-corrected chi connectivity index (χ4v) is 5.96. The molecule has 2 aromatic rings. The van der Waals surface area contributed by atoms with Crippen LogP contribution < -0.4 is 10.1 Å². The number of nitrogens with one attached hydrogen (secondary N) is 1. The molecule has 2 N–H and O–H groups in total. The molecule has 0 unspecified atom stereocenters. The average molecular weight is 555 g/mol. The Kier molecular flexibility index (Phi) is 8.63. The van der Waals surface area contributed by atoms with Gasteiger partial charge in [-0.05, 0) is 77.1 Å². The molecule has 0 aromatic heterocycles.